The van der Waals surface area contributed by atoms with Gasteiger partial charge in [0.1, 0.15) is 17.4 Å². The standard InChI is InChI=1S/C22H28N8O2/c1-16-4-3-5-17(12-16)27-21-20-18(25-15-26-21)13-24-22(28-20)23-6-7-29-8-10-30(11-9-29)14-19(31)32-2/h3-5,12-13,15H,6-11,14H2,1-2H3,(H,23,24,28)(H,25,26,27). The molecule has 3 heterocycles. The van der Waals surface area contributed by atoms with E-state index in [1.165, 1.54) is 13.4 Å². The molecular formula is C22H28N8O2. The molecule has 0 aliphatic carbocycles. The maximum atomic E-state index is 11.4. The Kier molecular flexibility index (Phi) is 7.03. The Hall–Kier alpha value is -3.37. The van der Waals surface area contributed by atoms with Crippen LogP contribution >= 0.6 is 0 Å². The minimum atomic E-state index is -0.186. The number of ether oxygens (including phenoxy) is 1. The van der Waals surface area contributed by atoms with Gasteiger partial charge >= 0.3 is 5.97 Å². The van der Waals surface area contributed by atoms with Crippen LogP contribution in [0.3, 0.4) is 0 Å². The highest BCUT2D eigenvalue weighted by atomic mass is 16.5. The molecule has 168 valence electrons. The second-order valence-electron chi connectivity index (χ2n) is 7.76. The van der Waals surface area contributed by atoms with Crippen molar-refractivity contribution in [2.75, 3.05) is 63.6 Å². The van der Waals surface area contributed by atoms with Crippen molar-refractivity contribution in [3.05, 3.63) is 42.4 Å². The maximum Gasteiger partial charge on any atom is 0.319 e. The number of esters is 1. The van der Waals surface area contributed by atoms with Crippen LogP contribution in [0.15, 0.2) is 36.8 Å². The molecule has 4 rings (SSSR count). The Morgan fingerprint density at radius 3 is 2.72 bits per heavy atom. The van der Waals surface area contributed by atoms with Gasteiger partial charge in [-0.05, 0) is 24.6 Å². The summed E-state index contributed by atoms with van der Waals surface area (Å²) in [6, 6.07) is 8.09. The molecule has 2 N–H and O–H groups in total. The summed E-state index contributed by atoms with van der Waals surface area (Å²) in [7, 11) is 1.42. The van der Waals surface area contributed by atoms with Gasteiger partial charge in [-0.2, -0.15) is 0 Å². The summed E-state index contributed by atoms with van der Waals surface area (Å²) in [5.74, 6) is 1.01. The smallest absolute Gasteiger partial charge is 0.319 e. The van der Waals surface area contributed by atoms with E-state index < -0.39 is 0 Å². The van der Waals surface area contributed by atoms with Crippen molar-refractivity contribution in [2.24, 2.45) is 0 Å². The van der Waals surface area contributed by atoms with Crippen molar-refractivity contribution in [1.82, 2.24) is 29.7 Å². The molecule has 1 aliphatic rings. The monoisotopic (exact) mass is 436 g/mol. The van der Waals surface area contributed by atoms with Crippen LogP contribution in [0.5, 0.6) is 0 Å². The molecule has 1 aromatic carbocycles. The van der Waals surface area contributed by atoms with E-state index in [0.717, 1.165) is 50.5 Å². The topological polar surface area (TPSA) is 108 Å². The van der Waals surface area contributed by atoms with Gasteiger partial charge in [0, 0.05) is 45.0 Å². The number of aromatic nitrogens is 4. The summed E-state index contributed by atoms with van der Waals surface area (Å²) in [5.41, 5.74) is 3.46. The molecule has 0 atom stereocenters. The Morgan fingerprint density at radius 1 is 1.12 bits per heavy atom. The number of benzene rings is 1. The van der Waals surface area contributed by atoms with Crippen molar-refractivity contribution in [3.63, 3.8) is 0 Å². The zero-order chi connectivity index (χ0) is 22.3. The van der Waals surface area contributed by atoms with Crippen LogP contribution in [0.1, 0.15) is 5.56 Å². The van der Waals surface area contributed by atoms with Gasteiger partial charge in [-0.15, -0.1) is 0 Å². The van der Waals surface area contributed by atoms with Gasteiger partial charge in [0.15, 0.2) is 5.82 Å². The van der Waals surface area contributed by atoms with Crippen molar-refractivity contribution >= 4 is 34.5 Å². The molecular weight excluding hydrogens is 408 g/mol. The number of carbonyl (C=O) groups is 1. The number of nitrogens with zero attached hydrogens (tertiary/aromatic N) is 6. The lowest BCUT2D eigenvalue weighted by atomic mass is 10.2. The van der Waals surface area contributed by atoms with Gasteiger partial charge in [-0.3, -0.25) is 14.6 Å². The van der Waals surface area contributed by atoms with Gasteiger partial charge < -0.3 is 15.4 Å². The van der Waals surface area contributed by atoms with Gasteiger partial charge in [-0.25, -0.2) is 19.9 Å². The highest BCUT2D eigenvalue weighted by Crippen LogP contribution is 2.22. The Morgan fingerprint density at radius 2 is 1.94 bits per heavy atom. The van der Waals surface area contributed by atoms with Crippen LogP contribution in [0.2, 0.25) is 0 Å². The highest BCUT2D eigenvalue weighted by Gasteiger charge is 2.18. The number of piperazine rings is 1. The molecule has 0 radical (unpaired) electrons. The van der Waals surface area contributed by atoms with Crippen LogP contribution in [0.4, 0.5) is 17.5 Å². The van der Waals surface area contributed by atoms with Crippen molar-refractivity contribution < 1.29 is 9.53 Å². The van der Waals surface area contributed by atoms with Gasteiger partial charge in [0.25, 0.3) is 0 Å². The molecule has 1 fully saturated rings. The second kappa shape index (κ2) is 10.3. The first-order valence-corrected chi connectivity index (χ1v) is 10.7. The first-order chi connectivity index (χ1) is 15.6. The fraction of sp³-hybridized carbons (Fsp3) is 0.409. The van der Waals surface area contributed by atoms with Gasteiger partial charge in [0.2, 0.25) is 5.95 Å². The summed E-state index contributed by atoms with van der Waals surface area (Å²) in [5, 5.41) is 6.63. The van der Waals surface area contributed by atoms with E-state index in [2.05, 4.69) is 46.4 Å². The van der Waals surface area contributed by atoms with Crippen LogP contribution < -0.4 is 10.6 Å². The van der Waals surface area contributed by atoms with Crippen LogP contribution in [0, 0.1) is 6.92 Å². The molecule has 0 unspecified atom stereocenters. The lowest BCUT2D eigenvalue weighted by molar-refractivity contribution is -0.142. The molecule has 0 saturated carbocycles. The maximum absolute atomic E-state index is 11.4. The third-order valence-corrected chi connectivity index (χ3v) is 5.41. The van der Waals surface area contributed by atoms with E-state index in [1.54, 1.807) is 6.20 Å². The van der Waals surface area contributed by atoms with Gasteiger partial charge in [-0.1, -0.05) is 12.1 Å². The summed E-state index contributed by atoms with van der Waals surface area (Å²) in [6.45, 7) is 7.52. The molecule has 0 spiro atoms. The summed E-state index contributed by atoms with van der Waals surface area (Å²) in [4.78, 5) is 33.6. The summed E-state index contributed by atoms with van der Waals surface area (Å²) in [6.07, 6.45) is 3.22. The normalized spacial score (nSPS) is 14.9. The largest absolute Gasteiger partial charge is 0.468 e. The van der Waals surface area contributed by atoms with Crippen molar-refractivity contribution in [3.8, 4) is 0 Å². The molecule has 1 aliphatic heterocycles. The van der Waals surface area contributed by atoms with Crippen LogP contribution in [-0.2, 0) is 9.53 Å². The van der Waals surface area contributed by atoms with E-state index >= 15 is 0 Å². The fourth-order valence-corrected chi connectivity index (χ4v) is 3.63. The van der Waals surface area contributed by atoms with E-state index in [1.807, 2.05) is 25.1 Å². The number of fused-ring (bicyclic) bond motifs is 1. The minimum absolute atomic E-state index is 0.186. The van der Waals surface area contributed by atoms with E-state index in [9.17, 15) is 4.79 Å². The molecule has 10 nitrogen and oxygen atoms in total. The summed E-state index contributed by atoms with van der Waals surface area (Å²) < 4.78 is 4.74. The first-order valence-electron chi connectivity index (χ1n) is 10.7. The van der Waals surface area contributed by atoms with Crippen LogP contribution in [0.25, 0.3) is 11.0 Å². The average Bonchev–Trinajstić information content (AvgIpc) is 2.80. The predicted octanol–water partition coefficient (Wildman–Crippen LogP) is 1.67. The number of carbonyl (C=O) groups excluding carboxylic acids is 1. The van der Waals surface area contributed by atoms with E-state index in [4.69, 9.17) is 4.74 Å². The van der Waals surface area contributed by atoms with Gasteiger partial charge in [0.05, 0.1) is 19.9 Å². The average molecular weight is 437 g/mol. The SMILES string of the molecule is COC(=O)CN1CCN(CCNc2ncc3ncnc(Nc4cccc(C)c4)c3n2)CC1. The number of hydrogen-bond acceptors (Lipinski definition) is 10. The lowest BCUT2D eigenvalue weighted by Gasteiger charge is -2.33. The zero-order valence-corrected chi connectivity index (χ0v) is 18.4. The highest BCUT2D eigenvalue weighted by molar-refractivity contribution is 5.87. The second-order valence-corrected chi connectivity index (χ2v) is 7.76. The number of nitrogens with one attached hydrogen (secondary N) is 2. The zero-order valence-electron chi connectivity index (χ0n) is 18.4. The summed E-state index contributed by atoms with van der Waals surface area (Å²) >= 11 is 0. The predicted molar refractivity (Wildman–Crippen MR) is 123 cm³/mol. The lowest BCUT2D eigenvalue weighted by Crippen LogP contribution is -2.49. The number of anilines is 3. The number of rotatable bonds is 8. The Balaban J connectivity index is 1.33. The van der Waals surface area contributed by atoms with Crippen molar-refractivity contribution in [1.29, 1.82) is 0 Å². The third kappa shape index (κ3) is 5.65. The fourth-order valence-electron chi connectivity index (χ4n) is 3.63. The third-order valence-electron chi connectivity index (χ3n) is 5.41. The first kappa shape index (κ1) is 21.8. The Bertz CT molecular complexity index is 1070. The van der Waals surface area contributed by atoms with Crippen molar-refractivity contribution in [2.45, 2.75) is 6.92 Å². The number of aryl methyl sites for hydroxylation is 1. The number of hydrogen-bond donors (Lipinski definition) is 2. The minimum Gasteiger partial charge on any atom is -0.468 e. The molecule has 0 bridgehead atoms. The Labute approximate surface area is 187 Å². The van der Waals surface area contributed by atoms with E-state index in [-0.39, 0.29) is 5.97 Å². The van der Waals surface area contributed by atoms with Crippen LogP contribution in [-0.4, -0.2) is 88.6 Å². The molecule has 10 heteroatoms. The number of methoxy groups -OCH3 is 1. The quantitative estimate of drug-likeness (QED) is 0.506. The molecule has 3 aromatic rings. The molecule has 0 amide bonds. The molecule has 2 aromatic heterocycles. The molecule has 32 heavy (non-hydrogen) atoms. The van der Waals surface area contributed by atoms with E-state index in [0.29, 0.717) is 29.3 Å². The molecule has 1 saturated heterocycles.